The van der Waals surface area contributed by atoms with Crippen molar-refractivity contribution in [1.82, 2.24) is 5.06 Å². The van der Waals surface area contributed by atoms with E-state index in [1.165, 1.54) is 7.11 Å². The molecule has 4 nitrogen and oxygen atoms in total. The minimum Gasteiger partial charge on any atom is -0.483 e. The van der Waals surface area contributed by atoms with E-state index in [4.69, 9.17) is 9.57 Å². The van der Waals surface area contributed by atoms with Crippen molar-refractivity contribution < 1.29 is 14.4 Å². The molecule has 0 saturated heterocycles. The van der Waals surface area contributed by atoms with Crippen LogP contribution in [0.15, 0.2) is 24.3 Å². The monoisotopic (exact) mass is 251 g/mol. The molecule has 1 atom stereocenters. The van der Waals surface area contributed by atoms with Gasteiger partial charge < -0.3 is 4.74 Å². The maximum Gasteiger partial charge on any atom is 0.283 e. The zero-order chi connectivity index (χ0) is 13.5. The van der Waals surface area contributed by atoms with Gasteiger partial charge in [0.05, 0.1) is 7.11 Å². The van der Waals surface area contributed by atoms with Crippen molar-refractivity contribution in [2.24, 2.45) is 0 Å². The quantitative estimate of drug-likeness (QED) is 0.729. The standard InChI is InChI=1S/C14H21NO3/c1-5-11(2)12-8-6-7-9-13(12)18-10-14(16)15(3)17-4/h6-9,11H,5,10H2,1-4H3. The normalized spacial score (nSPS) is 12.0. The first-order valence-corrected chi connectivity index (χ1v) is 6.12. The second-order valence-corrected chi connectivity index (χ2v) is 4.21. The molecule has 1 unspecified atom stereocenters. The molecular formula is C14H21NO3. The Morgan fingerprint density at radius 2 is 2.06 bits per heavy atom. The van der Waals surface area contributed by atoms with Gasteiger partial charge in [0.2, 0.25) is 0 Å². The molecule has 1 aromatic rings. The molecule has 0 heterocycles. The number of rotatable bonds is 6. The lowest BCUT2D eigenvalue weighted by Gasteiger charge is -2.17. The number of benzene rings is 1. The number of amides is 1. The fourth-order valence-electron chi connectivity index (χ4n) is 1.57. The molecule has 0 aliphatic heterocycles. The Morgan fingerprint density at radius 3 is 2.67 bits per heavy atom. The van der Waals surface area contributed by atoms with Crippen molar-refractivity contribution in [3.8, 4) is 5.75 Å². The lowest BCUT2D eigenvalue weighted by atomic mass is 9.98. The van der Waals surface area contributed by atoms with Gasteiger partial charge in [-0.15, -0.1) is 0 Å². The Bertz CT molecular complexity index is 392. The number of carbonyl (C=O) groups excluding carboxylic acids is 1. The van der Waals surface area contributed by atoms with Crippen LogP contribution >= 0.6 is 0 Å². The number of hydroxylamine groups is 2. The number of hydrogen-bond acceptors (Lipinski definition) is 3. The molecule has 1 rings (SSSR count). The van der Waals surface area contributed by atoms with Gasteiger partial charge in [-0.1, -0.05) is 32.0 Å². The van der Waals surface area contributed by atoms with Crippen LogP contribution in [0.2, 0.25) is 0 Å². The van der Waals surface area contributed by atoms with Crippen molar-refractivity contribution in [3.05, 3.63) is 29.8 Å². The molecule has 0 fully saturated rings. The van der Waals surface area contributed by atoms with Crippen LogP contribution in [0, 0.1) is 0 Å². The Labute approximate surface area is 108 Å². The summed E-state index contributed by atoms with van der Waals surface area (Å²) in [5, 5.41) is 1.16. The van der Waals surface area contributed by atoms with E-state index < -0.39 is 0 Å². The number of hydrogen-bond donors (Lipinski definition) is 0. The molecule has 0 saturated carbocycles. The smallest absolute Gasteiger partial charge is 0.283 e. The van der Waals surface area contributed by atoms with Crippen LogP contribution < -0.4 is 4.74 Å². The van der Waals surface area contributed by atoms with Crippen molar-refractivity contribution >= 4 is 5.91 Å². The molecule has 1 aromatic carbocycles. The second-order valence-electron chi connectivity index (χ2n) is 4.21. The van der Waals surface area contributed by atoms with E-state index in [1.807, 2.05) is 24.3 Å². The summed E-state index contributed by atoms with van der Waals surface area (Å²) in [6.45, 7) is 4.26. The summed E-state index contributed by atoms with van der Waals surface area (Å²) in [4.78, 5) is 16.4. The number of nitrogens with zero attached hydrogens (tertiary/aromatic N) is 1. The average molecular weight is 251 g/mol. The molecule has 0 aliphatic carbocycles. The lowest BCUT2D eigenvalue weighted by Crippen LogP contribution is -2.30. The lowest BCUT2D eigenvalue weighted by molar-refractivity contribution is -0.170. The highest BCUT2D eigenvalue weighted by atomic mass is 16.7. The maximum atomic E-state index is 11.6. The van der Waals surface area contributed by atoms with Crippen LogP contribution in [0.4, 0.5) is 0 Å². The fourth-order valence-corrected chi connectivity index (χ4v) is 1.57. The third kappa shape index (κ3) is 3.74. The fraction of sp³-hybridized carbons (Fsp3) is 0.500. The Hall–Kier alpha value is -1.55. The maximum absolute atomic E-state index is 11.6. The van der Waals surface area contributed by atoms with Gasteiger partial charge in [0, 0.05) is 7.05 Å². The summed E-state index contributed by atoms with van der Waals surface area (Å²) in [7, 11) is 3.01. The van der Waals surface area contributed by atoms with Crippen molar-refractivity contribution in [1.29, 1.82) is 0 Å². The van der Waals surface area contributed by atoms with Crippen molar-refractivity contribution in [2.45, 2.75) is 26.2 Å². The average Bonchev–Trinajstić information content (AvgIpc) is 2.43. The summed E-state index contributed by atoms with van der Waals surface area (Å²) < 4.78 is 5.57. The highest BCUT2D eigenvalue weighted by Crippen LogP contribution is 2.28. The zero-order valence-corrected chi connectivity index (χ0v) is 11.5. The minimum atomic E-state index is -0.212. The molecule has 0 aromatic heterocycles. The largest absolute Gasteiger partial charge is 0.483 e. The SMILES string of the molecule is CCC(C)c1ccccc1OCC(=O)N(C)OC. The summed E-state index contributed by atoms with van der Waals surface area (Å²) >= 11 is 0. The van der Waals surface area contributed by atoms with E-state index >= 15 is 0 Å². The van der Waals surface area contributed by atoms with Crippen molar-refractivity contribution in [2.75, 3.05) is 20.8 Å². The molecular weight excluding hydrogens is 230 g/mol. The highest BCUT2D eigenvalue weighted by Gasteiger charge is 2.13. The predicted octanol–water partition coefficient (Wildman–Crippen LogP) is 2.60. The van der Waals surface area contributed by atoms with E-state index in [2.05, 4.69) is 13.8 Å². The number of likely N-dealkylation sites (N-methyl/N-ethyl adjacent to an activating group) is 1. The van der Waals surface area contributed by atoms with E-state index in [0.29, 0.717) is 5.92 Å². The molecule has 4 heteroatoms. The van der Waals surface area contributed by atoms with Crippen LogP contribution in [0.5, 0.6) is 5.75 Å². The summed E-state index contributed by atoms with van der Waals surface area (Å²) in [5.41, 5.74) is 1.13. The molecule has 1 amide bonds. The summed E-state index contributed by atoms with van der Waals surface area (Å²) in [6, 6.07) is 7.82. The van der Waals surface area contributed by atoms with Gasteiger partial charge in [-0.25, -0.2) is 5.06 Å². The summed E-state index contributed by atoms with van der Waals surface area (Å²) in [5.74, 6) is 0.970. The van der Waals surface area contributed by atoms with Gasteiger partial charge >= 0.3 is 0 Å². The summed E-state index contributed by atoms with van der Waals surface area (Å²) in [6.07, 6.45) is 1.03. The van der Waals surface area contributed by atoms with Gasteiger partial charge in [0.1, 0.15) is 5.75 Å². The Kier molecular flexibility index (Phi) is 5.65. The Balaban J connectivity index is 2.70. The third-order valence-corrected chi connectivity index (χ3v) is 3.04. The molecule has 0 N–H and O–H groups in total. The second kappa shape index (κ2) is 7.01. The Morgan fingerprint density at radius 1 is 1.39 bits per heavy atom. The molecule has 100 valence electrons. The first kappa shape index (κ1) is 14.5. The highest BCUT2D eigenvalue weighted by molar-refractivity contribution is 5.76. The molecule has 0 aliphatic rings. The van der Waals surface area contributed by atoms with Crippen LogP contribution in [-0.2, 0) is 9.63 Å². The van der Waals surface area contributed by atoms with Gasteiger partial charge in [0.15, 0.2) is 6.61 Å². The third-order valence-electron chi connectivity index (χ3n) is 3.04. The van der Waals surface area contributed by atoms with Gasteiger partial charge in [-0.2, -0.15) is 0 Å². The number of para-hydroxylation sites is 1. The van der Waals surface area contributed by atoms with Crippen LogP contribution in [-0.4, -0.2) is 31.7 Å². The van der Waals surface area contributed by atoms with E-state index in [0.717, 1.165) is 22.8 Å². The minimum absolute atomic E-state index is 0.0161. The van der Waals surface area contributed by atoms with Gasteiger partial charge in [-0.05, 0) is 24.0 Å². The van der Waals surface area contributed by atoms with Crippen molar-refractivity contribution in [3.63, 3.8) is 0 Å². The topological polar surface area (TPSA) is 38.8 Å². The van der Waals surface area contributed by atoms with E-state index in [9.17, 15) is 4.79 Å². The molecule has 18 heavy (non-hydrogen) atoms. The van der Waals surface area contributed by atoms with Gasteiger partial charge in [-0.3, -0.25) is 9.63 Å². The first-order valence-electron chi connectivity index (χ1n) is 6.12. The first-order chi connectivity index (χ1) is 8.60. The van der Waals surface area contributed by atoms with Gasteiger partial charge in [0.25, 0.3) is 5.91 Å². The number of ether oxygens (including phenoxy) is 1. The molecule has 0 radical (unpaired) electrons. The van der Waals surface area contributed by atoms with Crippen LogP contribution in [0.25, 0.3) is 0 Å². The van der Waals surface area contributed by atoms with E-state index in [1.54, 1.807) is 7.05 Å². The number of carbonyl (C=O) groups is 1. The zero-order valence-electron chi connectivity index (χ0n) is 11.5. The predicted molar refractivity (Wildman–Crippen MR) is 70.4 cm³/mol. The van der Waals surface area contributed by atoms with Crippen LogP contribution in [0.3, 0.4) is 0 Å². The molecule has 0 bridgehead atoms. The molecule has 0 spiro atoms. The van der Waals surface area contributed by atoms with Crippen LogP contribution in [0.1, 0.15) is 31.7 Å². The van der Waals surface area contributed by atoms with E-state index in [-0.39, 0.29) is 12.5 Å².